The molecule has 0 unspecified atom stereocenters. The summed E-state index contributed by atoms with van der Waals surface area (Å²) in [6, 6.07) is 6.61. The van der Waals surface area contributed by atoms with Gasteiger partial charge in [0.25, 0.3) is 0 Å². The number of hydrogen-bond donors (Lipinski definition) is 1. The van der Waals surface area contributed by atoms with Crippen molar-refractivity contribution < 1.29 is 4.39 Å². The molecule has 6 heteroatoms. The van der Waals surface area contributed by atoms with Gasteiger partial charge in [-0.05, 0) is 29.1 Å². The van der Waals surface area contributed by atoms with E-state index in [9.17, 15) is 4.39 Å². The second-order valence-electron chi connectivity index (χ2n) is 3.96. The van der Waals surface area contributed by atoms with Crippen LogP contribution in [0.1, 0.15) is 5.56 Å². The fourth-order valence-corrected chi connectivity index (χ4v) is 2.76. The topological polar surface area (TPSA) is 37.8 Å². The number of rotatable bonds is 3. The molecule has 0 amide bonds. The van der Waals surface area contributed by atoms with Crippen LogP contribution in [0.5, 0.6) is 0 Å². The van der Waals surface area contributed by atoms with E-state index in [1.54, 1.807) is 23.5 Å². The van der Waals surface area contributed by atoms with Crippen molar-refractivity contribution in [3.8, 4) is 0 Å². The molecule has 0 saturated heterocycles. The molecule has 1 N–H and O–H groups in total. The molecule has 0 spiro atoms. The zero-order valence-corrected chi connectivity index (χ0v) is 11.3. The summed E-state index contributed by atoms with van der Waals surface area (Å²) in [4.78, 5) is 8.39. The van der Waals surface area contributed by atoms with Gasteiger partial charge in [-0.3, -0.25) is 0 Å². The number of benzene rings is 1. The predicted octanol–water partition coefficient (Wildman–Crippen LogP) is 4.10. The number of thiophene rings is 1. The molecule has 0 saturated carbocycles. The van der Waals surface area contributed by atoms with Crippen molar-refractivity contribution in [2.24, 2.45) is 0 Å². The van der Waals surface area contributed by atoms with Gasteiger partial charge < -0.3 is 5.32 Å². The highest BCUT2D eigenvalue weighted by Gasteiger charge is 2.05. The Labute approximate surface area is 118 Å². The summed E-state index contributed by atoms with van der Waals surface area (Å²) in [5.41, 5.74) is 1.81. The quantitative estimate of drug-likeness (QED) is 0.790. The molecule has 3 nitrogen and oxygen atoms in total. The predicted molar refractivity (Wildman–Crippen MR) is 76.2 cm³/mol. The lowest BCUT2D eigenvalue weighted by Crippen LogP contribution is -2.02. The smallest absolute Gasteiger partial charge is 0.147 e. The van der Waals surface area contributed by atoms with Crippen LogP contribution in [0, 0.1) is 5.82 Å². The van der Waals surface area contributed by atoms with E-state index in [1.807, 2.05) is 11.4 Å². The Morgan fingerprint density at radius 2 is 2.16 bits per heavy atom. The standard InChI is InChI=1S/C13H9ClFN3S/c14-9-5-8(1-2-10(9)15)6-16-13-12-11(3-4-19-12)17-7-18-13/h1-5,7H,6H2,(H,16,17,18). The SMILES string of the molecule is Fc1ccc(CNc2ncnc3ccsc23)cc1Cl. The molecule has 2 aromatic heterocycles. The van der Waals surface area contributed by atoms with Crippen LogP contribution in [0.3, 0.4) is 0 Å². The van der Waals surface area contributed by atoms with Gasteiger partial charge in [-0.15, -0.1) is 11.3 Å². The molecule has 19 heavy (non-hydrogen) atoms. The summed E-state index contributed by atoms with van der Waals surface area (Å²) in [6.07, 6.45) is 1.52. The van der Waals surface area contributed by atoms with Crippen molar-refractivity contribution in [3.05, 3.63) is 52.4 Å². The van der Waals surface area contributed by atoms with E-state index in [0.717, 1.165) is 21.6 Å². The van der Waals surface area contributed by atoms with Crippen LogP contribution in [0.4, 0.5) is 10.2 Å². The molecular weight excluding hydrogens is 285 g/mol. The van der Waals surface area contributed by atoms with E-state index in [4.69, 9.17) is 11.6 Å². The molecule has 2 heterocycles. The number of aromatic nitrogens is 2. The Morgan fingerprint density at radius 3 is 3.00 bits per heavy atom. The van der Waals surface area contributed by atoms with Crippen LogP contribution in [0.15, 0.2) is 36.0 Å². The van der Waals surface area contributed by atoms with Crippen LogP contribution in [0.2, 0.25) is 5.02 Å². The van der Waals surface area contributed by atoms with E-state index in [-0.39, 0.29) is 5.02 Å². The van der Waals surface area contributed by atoms with Gasteiger partial charge in [-0.1, -0.05) is 17.7 Å². The molecular formula is C13H9ClFN3S. The highest BCUT2D eigenvalue weighted by Crippen LogP contribution is 2.25. The van der Waals surface area contributed by atoms with Gasteiger partial charge in [0.2, 0.25) is 0 Å². The van der Waals surface area contributed by atoms with Gasteiger partial charge in [-0.25, -0.2) is 14.4 Å². The average molecular weight is 294 g/mol. The van der Waals surface area contributed by atoms with Crippen LogP contribution in [-0.4, -0.2) is 9.97 Å². The molecule has 0 atom stereocenters. The largest absolute Gasteiger partial charge is 0.365 e. The van der Waals surface area contributed by atoms with Gasteiger partial charge in [0.15, 0.2) is 0 Å². The lowest BCUT2D eigenvalue weighted by molar-refractivity contribution is 0.627. The first-order chi connectivity index (χ1) is 9.24. The Bertz CT molecular complexity index is 729. The second kappa shape index (κ2) is 5.11. The molecule has 0 aliphatic rings. The molecule has 0 aliphatic heterocycles. The molecule has 0 aliphatic carbocycles. The molecule has 0 bridgehead atoms. The lowest BCUT2D eigenvalue weighted by atomic mass is 10.2. The van der Waals surface area contributed by atoms with Crippen molar-refractivity contribution in [3.63, 3.8) is 0 Å². The normalized spacial score (nSPS) is 10.8. The minimum atomic E-state index is -0.409. The number of hydrogen-bond acceptors (Lipinski definition) is 4. The molecule has 96 valence electrons. The molecule has 3 rings (SSSR count). The summed E-state index contributed by atoms with van der Waals surface area (Å²) in [7, 11) is 0. The van der Waals surface area contributed by atoms with Crippen molar-refractivity contribution in [1.29, 1.82) is 0 Å². The third-order valence-corrected chi connectivity index (χ3v) is 3.89. The zero-order chi connectivity index (χ0) is 13.2. The van der Waals surface area contributed by atoms with Crippen molar-refractivity contribution >= 4 is 39.0 Å². The zero-order valence-electron chi connectivity index (χ0n) is 9.73. The third kappa shape index (κ3) is 2.52. The molecule has 0 radical (unpaired) electrons. The second-order valence-corrected chi connectivity index (χ2v) is 5.28. The number of nitrogens with one attached hydrogen (secondary N) is 1. The van der Waals surface area contributed by atoms with Gasteiger partial charge in [0, 0.05) is 6.54 Å². The minimum absolute atomic E-state index is 0.128. The third-order valence-electron chi connectivity index (χ3n) is 2.69. The van der Waals surface area contributed by atoms with Crippen LogP contribution in [-0.2, 0) is 6.54 Å². The van der Waals surface area contributed by atoms with Crippen LogP contribution >= 0.6 is 22.9 Å². The first kappa shape index (κ1) is 12.3. The van der Waals surface area contributed by atoms with E-state index >= 15 is 0 Å². The number of anilines is 1. The van der Waals surface area contributed by atoms with Crippen LogP contribution < -0.4 is 5.32 Å². The highest BCUT2D eigenvalue weighted by atomic mass is 35.5. The van der Waals surface area contributed by atoms with E-state index in [2.05, 4.69) is 15.3 Å². The Morgan fingerprint density at radius 1 is 1.26 bits per heavy atom. The van der Waals surface area contributed by atoms with E-state index in [1.165, 1.54) is 12.4 Å². The van der Waals surface area contributed by atoms with E-state index < -0.39 is 5.82 Å². The van der Waals surface area contributed by atoms with Gasteiger partial charge in [-0.2, -0.15) is 0 Å². The fourth-order valence-electron chi connectivity index (χ4n) is 1.75. The molecule has 3 aromatic rings. The van der Waals surface area contributed by atoms with Crippen LogP contribution in [0.25, 0.3) is 10.2 Å². The highest BCUT2D eigenvalue weighted by molar-refractivity contribution is 7.17. The minimum Gasteiger partial charge on any atom is -0.365 e. The number of fused-ring (bicyclic) bond motifs is 1. The Balaban J connectivity index is 1.82. The van der Waals surface area contributed by atoms with Gasteiger partial charge in [0.05, 0.1) is 15.2 Å². The lowest BCUT2D eigenvalue weighted by Gasteiger charge is -2.07. The van der Waals surface area contributed by atoms with Crippen molar-refractivity contribution in [2.75, 3.05) is 5.32 Å². The molecule has 1 aromatic carbocycles. The number of nitrogens with zero attached hydrogens (tertiary/aromatic N) is 2. The number of halogens is 2. The molecule has 0 fully saturated rings. The Hall–Kier alpha value is -1.72. The van der Waals surface area contributed by atoms with Gasteiger partial charge >= 0.3 is 0 Å². The summed E-state index contributed by atoms with van der Waals surface area (Å²) in [6.45, 7) is 0.532. The first-order valence-corrected chi connectivity index (χ1v) is 6.86. The monoisotopic (exact) mass is 293 g/mol. The summed E-state index contributed by atoms with van der Waals surface area (Å²) in [5, 5.41) is 5.31. The fraction of sp³-hybridized carbons (Fsp3) is 0.0769. The summed E-state index contributed by atoms with van der Waals surface area (Å²) in [5.74, 6) is 0.369. The Kier molecular flexibility index (Phi) is 3.31. The summed E-state index contributed by atoms with van der Waals surface area (Å²) < 4.78 is 14.1. The van der Waals surface area contributed by atoms with Crippen molar-refractivity contribution in [2.45, 2.75) is 6.54 Å². The maximum absolute atomic E-state index is 13.1. The van der Waals surface area contributed by atoms with Gasteiger partial charge in [0.1, 0.15) is 18.0 Å². The van der Waals surface area contributed by atoms with Crippen molar-refractivity contribution in [1.82, 2.24) is 9.97 Å². The first-order valence-electron chi connectivity index (χ1n) is 5.60. The summed E-state index contributed by atoms with van der Waals surface area (Å²) >= 11 is 7.33. The maximum atomic E-state index is 13.1. The maximum Gasteiger partial charge on any atom is 0.147 e. The van der Waals surface area contributed by atoms with E-state index in [0.29, 0.717) is 6.54 Å². The average Bonchev–Trinajstić information content (AvgIpc) is 2.89.